The summed E-state index contributed by atoms with van der Waals surface area (Å²) in [6.45, 7) is 0. The highest BCUT2D eigenvalue weighted by Crippen LogP contribution is 2.30. The third-order valence-corrected chi connectivity index (χ3v) is 3.41. The summed E-state index contributed by atoms with van der Waals surface area (Å²) in [6.07, 6.45) is 0.383. The van der Waals surface area contributed by atoms with Crippen LogP contribution >= 0.6 is 11.6 Å². The first-order valence-electron chi connectivity index (χ1n) is 6.12. The molecule has 1 atom stereocenters. The first-order chi connectivity index (χ1) is 9.65. The molecule has 0 spiro atoms. The molecular weight excluding hydrogens is 277 g/mol. The summed E-state index contributed by atoms with van der Waals surface area (Å²) in [5, 5.41) is 9.59. The molecule has 0 saturated carbocycles. The molecule has 4 heteroatoms. The van der Waals surface area contributed by atoms with Crippen molar-refractivity contribution < 1.29 is 9.13 Å². The summed E-state index contributed by atoms with van der Waals surface area (Å²) < 4.78 is 19.0. The topological polar surface area (TPSA) is 33.0 Å². The van der Waals surface area contributed by atoms with Gasteiger partial charge in [0, 0.05) is 10.6 Å². The van der Waals surface area contributed by atoms with Gasteiger partial charge in [-0.1, -0.05) is 29.8 Å². The van der Waals surface area contributed by atoms with Gasteiger partial charge in [0.2, 0.25) is 0 Å². The maximum absolute atomic E-state index is 13.9. The van der Waals surface area contributed by atoms with E-state index in [0.717, 1.165) is 5.56 Å². The number of nitriles is 1. The van der Waals surface area contributed by atoms with E-state index in [1.807, 2.05) is 24.3 Å². The molecule has 0 heterocycles. The van der Waals surface area contributed by atoms with E-state index in [0.29, 0.717) is 12.2 Å². The van der Waals surface area contributed by atoms with Crippen molar-refractivity contribution in [3.05, 3.63) is 64.4 Å². The van der Waals surface area contributed by atoms with Crippen LogP contribution in [0.25, 0.3) is 0 Å². The van der Waals surface area contributed by atoms with Crippen LogP contribution in [0, 0.1) is 17.1 Å². The molecular formula is C16H13ClFNO. The zero-order chi connectivity index (χ0) is 14.5. The molecule has 2 aromatic rings. The van der Waals surface area contributed by atoms with E-state index >= 15 is 0 Å². The molecule has 0 aliphatic rings. The van der Waals surface area contributed by atoms with Crippen molar-refractivity contribution in [2.75, 3.05) is 7.11 Å². The molecule has 0 aromatic heterocycles. The average Bonchev–Trinajstić information content (AvgIpc) is 2.46. The predicted molar refractivity (Wildman–Crippen MR) is 76.5 cm³/mol. The highest BCUT2D eigenvalue weighted by atomic mass is 35.5. The van der Waals surface area contributed by atoms with Crippen LogP contribution in [0.2, 0.25) is 5.02 Å². The Bertz CT molecular complexity index is 631. The molecule has 2 aromatic carbocycles. The standard InChI is InChI=1S/C16H13ClFNO/c1-20-13-5-2-4-11(9-13)8-12(10-19)16-14(17)6-3-7-15(16)18/h2-7,9,12H,8H2,1H3. The average molecular weight is 290 g/mol. The summed E-state index contributed by atoms with van der Waals surface area (Å²) >= 11 is 6.01. The lowest BCUT2D eigenvalue weighted by atomic mass is 9.92. The Kier molecular flexibility index (Phi) is 4.60. The number of rotatable bonds is 4. The van der Waals surface area contributed by atoms with Gasteiger partial charge in [0.1, 0.15) is 11.6 Å². The van der Waals surface area contributed by atoms with Gasteiger partial charge >= 0.3 is 0 Å². The van der Waals surface area contributed by atoms with Crippen LogP contribution in [0.5, 0.6) is 5.75 Å². The summed E-state index contributed by atoms with van der Waals surface area (Å²) in [6, 6.07) is 13.9. The van der Waals surface area contributed by atoms with Gasteiger partial charge in [-0.05, 0) is 36.2 Å². The maximum Gasteiger partial charge on any atom is 0.129 e. The van der Waals surface area contributed by atoms with E-state index in [-0.39, 0.29) is 10.6 Å². The van der Waals surface area contributed by atoms with E-state index in [1.54, 1.807) is 13.2 Å². The Balaban J connectivity index is 2.32. The van der Waals surface area contributed by atoms with Crippen molar-refractivity contribution in [2.45, 2.75) is 12.3 Å². The van der Waals surface area contributed by atoms with Crippen LogP contribution in [0.15, 0.2) is 42.5 Å². The third kappa shape index (κ3) is 3.09. The van der Waals surface area contributed by atoms with Gasteiger partial charge in [0.05, 0.1) is 19.1 Å². The van der Waals surface area contributed by atoms with Crippen LogP contribution in [0.1, 0.15) is 17.0 Å². The van der Waals surface area contributed by atoms with Crippen LogP contribution in [-0.4, -0.2) is 7.11 Å². The smallest absolute Gasteiger partial charge is 0.129 e. The molecule has 2 nitrogen and oxygen atoms in total. The molecule has 0 amide bonds. The first kappa shape index (κ1) is 14.4. The summed E-state index contributed by atoms with van der Waals surface area (Å²) in [5.74, 6) is -0.374. The molecule has 102 valence electrons. The number of hydrogen-bond acceptors (Lipinski definition) is 2. The van der Waals surface area contributed by atoms with E-state index < -0.39 is 11.7 Å². The van der Waals surface area contributed by atoms with Crippen LogP contribution < -0.4 is 4.74 Å². The van der Waals surface area contributed by atoms with E-state index in [1.165, 1.54) is 12.1 Å². The number of methoxy groups -OCH3 is 1. The molecule has 0 saturated heterocycles. The van der Waals surface area contributed by atoms with Crippen molar-refractivity contribution in [3.8, 4) is 11.8 Å². The maximum atomic E-state index is 13.9. The first-order valence-corrected chi connectivity index (χ1v) is 6.50. The Morgan fingerprint density at radius 1 is 1.30 bits per heavy atom. The van der Waals surface area contributed by atoms with Crippen molar-refractivity contribution in [3.63, 3.8) is 0 Å². The minimum Gasteiger partial charge on any atom is -0.497 e. The zero-order valence-corrected chi connectivity index (χ0v) is 11.7. The number of ether oxygens (including phenoxy) is 1. The van der Waals surface area contributed by atoms with Gasteiger partial charge in [-0.2, -0.15) is 5.26 Å². The van der Waals surface area contributed by atoms with Crippen LogP contribution in [0.3, 0.4) is 0 Å². The quantitative estimate of drug-likeness (QED) is 0.839. The number of hydrogen-bond donors (Lipinski definition) is 0. The summed E-state index contributed by atoms with van der Waals surface area (Å²) in [4.78, 5) is 0. The van der Waals surface area contributed by atoms with Gasteiger partial charge < -0.3 is 4.74 Å². The van der Waals surface area contributed by atoms with Gasteiger partial charge in [0.25, 0.3) is 0 Å². The third-order valence-electron chi connectivity index (χ3n) is 3.08. The molecule has 0 aliphatic carbocycles. The molecule has 0 bridgehead atoms. The zero-order valence-electron chi connectivity index (χ0n) is 10.9. The SMILES string of the molecule is COc1cccc(CC(C#N)c2c(F)cccc2Cl)c1. The minimum atomic E-state index is -0.629. The predicted octanol–water partition coefficient (Wildman–Crippen LogP) is 4.34. The molecule has 0 radical (unpaired) electrons. The highest BCUT2D eigenvalue weighted by molar-refractivity contribution is 6.31. The van der Waals surface area contributed by atoms with Gasteiger partial charge in [-0.25, -0.2) is 4.39 Å². The second-order valence-corrected chi connectivity index (χ2v) is 4.78. The molecule has 1 unspecified atom stereocenters. The molecule has 0 N–H and O–H groups in total. The molecule has 2 rings (SSSR count). The van der Waals surface area contributed by atoms with Crippen molar-refractivity contribution in [1.82, 2.24) is 0 Å². The lowest BCUT2D eigenvalue weighted by Crippen LogP contribution is -2.04. The van der Waals surface area contributed by atoms with E-state index in [9.17, 15) is 9.65 Å². The normalized spacial score (nSPS) is 11.7. The summed E-state index contributed by atoms with van der Waals surface area (Å²) in [7, 11) is 1.58. The highest BCUT2D eigenvalue weighted by Gasteiger charge is 2.19. The monoisotopic (exact) mass is 289 g/mol. The summed E-state index contributed by atoms with van der Waals surface area (Å²) in [5.41, 5.74) is 1.15. The Labute approximate surface area is 122 Å². The number of nitrogens with zero attached hydrogens (tertiary/aromatic N) is 1. The van der Waals surface area contributed by atoms with Crippen molar-refractivity contribution in [1.29, 1.82) is 5.26 Å². The molecule has 0 aliphatic heterocycles. The van der Waals surface area contributed by atoms with Crippen LogP contribution in [0.4, 0.5) is 4.39 Å². The van der Waals surface area contributed by atoms with E-state index in [2.05, 4.69) is 6.07 Å². The van der Waals surface area contributed by atoms with Gasteiger partial charge in [0.15, 0.2) is 0 Å². The fourth-order valence-corrected chi connectivity index (χ4v) is 2.39. The second kappa shape index (κ2) is 6.40. The lowest BCUT2D eigenvalue weighted by Gasteiger charge is -2.13. The lowest BCUT2D eigenvalue weighted by molar-refractivity contribution is 0.414. The molecule has 20 heavy (non-hydrogen) atoms. The second-order valence-electron chi connectivity index (χ2n) is 4.37. The Morgan fingerprint density at radius 2 is 2.05 bits per heavy atom. The Hall–Kier alpha value is -2.05. The van der Waals surface area contributed by atoms with E-state index in [4.69, 9.17) is 16.3 Å². The number of halogens is 2. The number of benzene rings is 2. The Morgan fingerprint density at radius 3 is 2.70 bits per heavy atom. The van der Waals surface area contributed by atoms with Crippen molar-refractivity contribution >= 4 is 11.6 Å². The largest absolute Gasteiger partial charge is 0.497 e. The van der Waals surface area contributed by atoms with Crippen LogP contribution in [-0.2, 0) is 6.42 Å². The fraction of sp³-hybridized carbons (Fsp3) is 0.188. The molecule has 0 fully saturated rings. The van der Waals surface area contributed by atoms with Gasteiger partial charge in [-0.15, -0.1) is 0 Å². The fourth-order valence-electron chi connectivity index (χ4n) is 2.09. The minimum absolute atomic E-state index is 0.250. The van der Waals surface area contributed by atoms with Gasteiger partial charge in [-0.3, -0.25) is 0 Å². The van der Waals surface area contributed by atoms with Crippen molar-refractivity contribution in [2.24, 2.45) is 0 Å².